The zero-order valence-corrected chi connectivity index (χ0v) is 11.9. The van der Waals surface area contributed by atoms with Crippen molar-refractivity contribution < 1.29 is 5.11 Å². The van der Waals surface area contributed by atoms with Gasteiger partial charge in [0.05, 0.1) is 5.60 Å². The molecule has 0 aromatic carbocycles. The van der Waals surface area contributed by atoms with Crippen molar-refractivity contribution in [1.29, 1.82) is 0 Å². The number of thioether (sulfide) groups is 1. The van der Waals surface area contributed by atoms with E-state index in [1.807, 2.05) is 11.8 Å². The van der Waals surface area contributed by atoms with E-state index in [9.17, 15) is 5.11 Å². The third kappa shape index (κ3) is 4.15. The van der Waals surface area contributed by atoms with Crippen molar-refractivity contribution in [2.45, 2.75) is 63.5 Å². The maximum atomic E-state index is 10.4. The van der Waals surface area contributed by atoms with E-state index >= 15 is 0 Å². The van der Waals surface area contributed by atoms with Gasteiger partial charge in [0.15, 0.2) is 0 Å². The molecular formula is C14H27NOS. The third-order valence-electron chi connectivity index (χ3n) is 4.50. The van der Waals surface area contributed by atoms with E-state index in [2.05, 4.69) is 12.2 Å². The fourth-order valence-corrected chi connectivity index (χ4v) is 4.36. The zero-order chi connectivity index (χ0) is 12.1. The molecule has 2 atom stereocenters. The first kappa shape index (κ1) is 13.7. The summed E-state index contributed by atoms with van der Waals surface area (Å²) in [5.74, 6) is 3.17. The summed E-state index contributed by atoms with van der Waals surface area (Å²) in [5, 5.41) is 14.1. The van der Waals surface area contributed by atoms with Gasteiger partial charge in [-0.25, -0.2) is 0 Å². The van der Waals surface area contributed by atoms with Crippen LogP contribution in [0.4, 0.5) is 0 Å². The predicted octanol–water partition coefficient (Wildman–Crippen LogP) is 2.80. The molecule has 100 valence electrons. The summed E-state index contributed by atoms with van der Waals surface area (Å²) in [7, 11) is 0. The fraction of sp³-hybridized carbons (Fsp3) is 1.00. The van der Waals surface area contributed by atoms with E-state index in [-0.39, 0.29) is 0 Å². The highest BCUT2D eigenvalue weighted by Crippen LogP contribution is 2.29. The summed E-state index contributed by atoms with van der Waals surface area (Å²) in [6, 6.07) is 0.660. The van der Waals surface area contributed by atoms with Gasteiger partial charge in [0.1, 0.15) is 0 Å². The van der Waals surface area contributed by atoms with E-state index in [1.165, 1.54) is 32.1 Å². The van der Waals surface area contributed by atoms with Crippen LogP contribution in [-0.4, -0.2) is 34.8 Å². The molecule has 0 amide bonds. The lowest BCUT2D eigenvalue weighted by Crippen LogP contribution is -2.47. The first-order valence-corrected chi connectivity index (χ1v) is 8.41. The molecule has 0 bridgehead atoms. The Morgan fingerprint density at radius 3 is 2.76 bits per heavy atom. The highest BCUT2D eigenvalue weighted by Gasteiger charge is 2.30. The Morgan fingerprint density at radius 1 is 1.29 bits per heavy atom. The van der Waals surface area contributed by atoms with Crippen molar-refractivity contribution in [2.75, 3.05) is 18.1 Å². The highest BCUT2D eigenvalue weighted by molar-refractivity contribution is 7.99. The Bertz CT molecular complexity index is 228. The summed E-state index contributed by atoms with van der Waals surface area (Å²) < 4.78 is 0. The summed E-state index contributed by atoms with van der Waals surface area (Å²) in [6.45, 7) is 3.12. The van der Waals surface area contributed by atoms with E-state index < -0.39 is 5.60 Å². The van der Waals surface area contributed by atoms with E-state index in [1.54, 1.807) is 0 Å². The average Bonchev–Trinajstić information content (AvgIpc) is 2.38. The quantitative estimate of drug-likeness (QED) is 0.812. The second kappa shape index (κ2) is 6.44. The van der Waals surface area contributed by atoms with E-state index in [0.29, 0.717) is 6.04 Å². The Kier molecular flexibility index (Phi) is 5.19. The van der Waals surface area contributed by atoms with Crippen LogP contribution in [0, 0.1) is 5.92 Å². The molecule has 2 fully saturated rings. The van der Waals surface area contributed by atoms with Gasteiger partial charge in [-0.15, -0.1) is 0 Å². The molecule has 2 N–H and O–H groups in total. The minimum atomic E-state index is -0.412. The molecule has 2 aliphatic rings. The second-order valence-corrected chi connectivity index (χ2v) is 7.08. The minimum Gasteiger partial charge on any atom is -0.389 e. The van der Waals surface area contributed by atoms with Crippen LogP contribution in [0.2, 0.25) is 0 Å². The fourth-order valence-electron chi connectivity index (χ4n) is 3.11. The summed E-state index contributed by atoms with van der Waals surface area (Å²) >= 11 is 1.97. The molecule has 0 aromatic heterocycles. The monoisotopic (exact) mass is 257 g/mol. The summed E-state index contributed by atoms with van der Waals surface area (Å²) in [5.41, 5.74) is -0.412. The SMILES string of the molecule is CCC1CCCC(NCC2(O)CCSCC2)C1. The lowest BCUT2D eigenvalue weighted by atomic mass is 9.84. The molecule has 2 nitrogen and oxygen atoms in total. The van der Waals surface area contributed by atoms with Crippen LogP contribution >= 0.6 is 11.8 Å². The first-order chi connectivity index (χ1) is 8.22. The van der Waals surface area contributed by atoms with Crippen LogP contribution in [0.1, 0.15) is 51.9 Å². The Balaban J connectivity index is 1.73. The molecule has 3 heteroatoms. The van der Waals surface area contributed by atoms with Gasteiger partial charge in [-0.05, 0) is 43.1 Å². The molecule has 0 radical (unpaired) electrons. The molecule has 1 aliphatic heterocycles. The average molecular weight is 257 g/mol. The van der Waals surface area contributed by atoms with Crippen LogP contribution < -0.4 is 5.32 Å². The summed E-state index contributed by atoms with van der Waals surface area (Å²) in [4.78, 5) is 0. The second-order valence-electron chi connectivity index (χ2n) is 5.86. The molecule has 2 rings (SSSR count). The standard InChI is InChI=1S/C14H27NOS/c1-2-12-4-3-5-13(10-12)15-11-14(16)6-8-17-9-7-14/h12-13,15-16H,2-11H2,1H3. The van der Waals surface area contributed by atoms with Gasteiger partial charge < -0.3 is 10.4 Å². The topological polar surface area (TPSA) is 32.3 Å². The van der Waals surface area contributed by atoms with Crippen molar-refractivity contribution in [3.05, 3.63) is 0 Å². The molecule has 1 saturated carbocycles. The van der Waals surface area contributed by atoms with E-state index in [4.69, 9.17) is 0 Å². The van der Waals surface area contributed by atoms with Crippen LogP contribution in [0.5, 0.6) is 0 Å². The van der Waals surface area contributed by atoms with Crippen molar-refractivity contribution >= 4 is 11.8 Å². The Labute approximate surface area is 110 Å². The summed E-state index contributed by atoms with van der Waals surface area (Å²) in [6.07, 6.45) is 8.66. The first-order valence-electron chi connectivity index (χ1n) is 7.25. The molecule has 1 aliphatic carbocycles. The number of aliphatic hydroxyl groups is 1. The van der Waals surface area contributed by atoms with Gasteiger partial charge in [0.2, 0.25) is 0 Å². The maximum absolute atomic E-state index is 10.4. The molecule has 1 saturated heterocycles. The minimum absolute atomic E-state index is 0.412. The van der Waals surface area contributed by atoms with Gasteiger partial charge in [0.25, 0.3) is 0 Å². The van der Waals surface area contributed by atoms with Crippen molar-refractivity contribution in [1.82, 2.24) is 5.32 Å². The number of rotatable bonds is 4. The molecule has 2 unspecified atom stereocenters. The Morgan fingerprint density at radius 2 is 2.06 bits per heavy atom. The van der Waals surface area contributed by atoms with Crippen molar-refractivity contribution in [3.8, 4) is 0 Å². The highest BCUT2D eigenvalue weighted by atomic mass is 32.2. The van der Waals surface area contributed by atoms with Gasteiger partial charge in [0, 0.05) is 12.6 Å². The van der Waals surface area contributed by atoms with Crippen molar-refractivity contribution in [3.63, 3.8) is 0 Å². The van der Waals surface area contributed by atoms with Crippen LogP contribution in [0.25, 0.3) is 0 Å². The maximum Gasteiger partial charge on any atom is 0.0787 e. The van der Waals surface area contributed by atoms with Crippen LogP contribution in [-0.2, 0) is 0 Å². The lowest BCUT2D eigenvalue weighted by molar-refractivity contribution is 0.0274. The number of nitrogens with one attached hydrogen (secondary N) is 1. The normalized spacial score (nSPS) is 33.5. The van der Waals surface area contributed by atoms with Gasteiger partial charge >= 0.3 is 0 Å². The van der Waals surface area contributed by atoms with Gasteiger partial charge in [-0.3, -0.25) is 0 Å². The third-order valence-corrected chi connectivity index (χ3v) is 5.49. The van der Waals surface area contributed by atoms with Crippen LogP contribution in [0.15, 0.2) is 0 Å². The predicted molar refractivity (Wildman–Crippen MR) is 75.5 cm³/mol. The Hall–Kier alpha value is 0.270. The smallest absolute Gasteiger partial charge is 0.0787 e. The molecule has 0 aromatic rings. The lowest BCUT2D eigenvalue weighted by Gasteiger charge is -2.36. The molecule has 1 heterocycles. The van der Waals surface area contributed by atoms with Gasteiger partial charge in [-0.2, -0.15) is 11.8 Å². The molecule has 17 heavy (non-hydrogen) atoms. The largest absolute Gasteiger partial charge is 0.389 e. The van der Waals surface area contributed by atoms with Crippen molar-refractivity contribution in [2.24, 2.45) is 5.92 Å². The van der Waals surface area contributed by atoms with Gasteiger partial charge in [-0.1, -0.05) is 26.2 Å². The molecular weight excluding hydrogens is 230 g/mol. The number of hydrogen-bond donors (Lipinski definition) is 2. The number of hydrogen-bond acceptors (Lipinski definition) is 3. The van der Waals surface area contributed by atoms with E-state index in [0.717, 1.165) is 36.8 Å². The molecule has 0 spiro atoms. The zero-order valence-electron chi connectivity index (χ0n) is 11.1. The van der Waals surface area contributed by atoms with Crippen LogP contribution in [0.3, 0.4) is 0 Å².